The molecule has 1 aliphatic rings. The molecule has 1 aromatic rings. The number of benzene rings is 1. The Bertz CT molecular complexity index is 336. The van der Waals surface area contributed by atoms with Gasteiger partial charge in [0.1, 0.15) is 0 Å². The van der Waals surface area contributed by atoms with E-state index in [9.17, 15) is 0 Å². The van der Waals surface area contributed by atoms with Gasteiger partial charge in [0, 0.05) is 0 Å². The summed E-state index contributed by atoms with van der Waals surface area (Å²) >= 11 is 0. The van der Waals surface area contributed by atoms with Crippen molar-refractivity contribution in [2.75, 3.05) is 0 Å². The molecule has 2 rings (SSSR count). The summed E-state index contributed by atoms with van der Waals surface area (Å²) in [5.74, 6) is 1.58. The van der Waals surface area contributed by atoms with E-state index in [-0.39, 0.29) is 0 Å². The van der Waals surface area contributed by atoms with Crippen molar-refractivity contribution < 1.29 is 0 Å². The predicted octanol–water partition coefficient (Wildman–Crippen LogP) is 4.46. The van der Waals surface area contributed by atoms with Gasteiger partial charge in [-0.05, 0) is 54.7 Å². The van der Waals surface area contributed by atoms with Crippen LogP contribution >= 0.6 is 0 Å². The molecule has 0 saturated heterocycles. The molecule has 0 N–H and O–H groups in total. The lowest BCUT2D eigenvalue weighted by Crippen LogP contribution is -2.08. The fraction of sp³-hybridized carbons (Fsp3) is 0.600. The molecule has 15 heavy (non-hydrogen) atoms. The topological polar surface area (TPSA) is 0 Å². The average Bonchev–Trinajstić information content (AvgIpc) is 2.40. The SMILES string of the molecule is Cc1cccc2c1CCCCC2C(C)C. The largest absolute Gasteiger partial charge is 0.0622 e. The van der Waals surface area contributed by atoms with Crippen LogP contribution in [0.4, 0.5) is 0 Å². The van der Waals surface area contributed by atoms with Crippen molar-refractivity contribution in [1.82, 2.24) is 0 Å². The second-order valence-corrected chi connectivity index (χ2v) is 5.24. The van der Waals surface area contributed by atoms with Crippen LogP contribution in [0.25, 0.3) is 0 Å². The van der Waals surface area contributed by atoms with Crippen molar-refractivity contribution in [3.8, 4) is 0 Å². The highest BCUT2D eigenvalue weighted by molar-refractivity contribution is 5.38. The summed E-state index contributed by atoms with van der Waals surface area (Å²) in [5.41, 5.74) is 4.79. The van der Waals surface area contributed by atoms with Crippen molar-refractivity contribution in [1.29, 1.82) is 0 Å². The Morgan fingerprint density at radius 2 is 2.00 bits per heavy atom. The Morgan fingerprint density at radius 1 is 1.20 bits per heavy atom. The fourth-order valence-electron chi connectivity index (χ4n) is 2.93. The minimum atomic E-state index is 0.781. The lowest BCUT2D eigenvalue weighted by atomic mass is 9.83. The van der Waals surface area contributed by atoms with Crippen molar-refractivity contribution in [2.45, 2.75) is 52.4 Å². The smallest absolute Gasteiger partial charge is 0.0136 e. The average molecular weight is 202 g/mol. The molecule has 0 fully saturated rings. The molecule has 0 aromatic heterocycles. The van der Waals surface area contributed by atoms with Crippen LogP contribution in [0.5, 0.6) is 0 Å². The lowest BCUT2D eigenvalue weighted by molar-refractivity contribution is 0.460. The number of aryl methyl sites for hydroxylation is 1. The van der Waals surface area contributed by atoms with E-state index in [1.165, 1.54) is 31.2 Å². The third-order valence-corrected chi connectivity index (χ3v) is 3.84. The van der Waals surface area contributed by atoms with Crippen LogP contribution in [0.2, 0.25) is 0 Å². The van der Waals surface area contributed by atoms with Gasteiger partial charge in [-0.25, -0.2) is 0 Å². The third-order valence-electron chi connectivity index (χ3n) is 3.84. The summed E-state index contributed by atoms with van der Waals surface area (Å²) in [7, 11) is 0. The highest BCUT2D eigenvalue weighted by Gasteiger charge is 2.21. The summed E-state index contributed by atoms with van der Waals surface area (Å²) in [5, 5.41) is 0. The van der Waals surface area contributed by atoms with E-state index in [1.54, 1.807) is 11.1 Å². The number of hydrogen-bond donors (Lipinski definition) is 0. The quantitative estimate of drug-likeness (QED) is 0.590. The molecule has 0 saturated carbocycles. The molecular weight excluding hydrogens is 180 g/mol. The summed E-state index contributed by atoms with van der Waals surface area (Å²) in [6, 6.07) is 6.86. The first-order valence-corrected chi connectivity index (χ1v) is 6.28. The molecule has 0 radical (unpaired) electrons. The van der Waals surface area contributed by atoms with Crippen LogP contribution in [0.15, 0.2) is 18.2 Å². The van der Waals surface area contributed by atoms with Crippen molar-refractivity contribution >= 4 is 0 Å². The first-order chi connectivity index (χ1) is 7.20. The standard InChI is InChI=1S/C15H22/c1-11(2)13-8-4-5-9-14-12(3)7-6-10-15(13)14/h6-7,10-11,13H,4-5,8-9H2,1-3H3. The molecule has 1 aromatic carbocycles. The summed E-state index contributed by atoms with van der Waals surface area (Å²) < 4.78 is 0. The van der Waals surface area contributed by atoms with Crippen LogP contribution < -0.4 is 0 Å². The molecule has 0 bridgehead atoms. The van der Waals surface area contributed by atoms with Gasteiger partial charge in [-0.3, -0.25) is 0 Å². The third kappa shape index (κ3) is 2.09. The number of fused-ring (bicyclic) bond motifs is 1. The Kier molecular flexibility index (Phi) is 3.14. The Hall–Kier alpha value is -0.780. The first kappa shape index (κ1) is 10.7. The van der Waals surface area contributed by atoms with E-state index in [0.717, 1.165) is 11.8 Å². The summed E-state index contributed by atoms with van der Waals surface area (Å²) in [4.78, 5) is 0. The van der Waals surface area contributed by atoms with E-state index in [0.29, 0.717) is 0 Å². The van der Waals surface area contributed by atoms with Crippen molar-refractivity contribution in [3.63, 3.8) is 0 Å². The van der Waals surface area contributed by atoms with Gasteiger partial charge < -0.3 is 0 Å². The second-order valence-electron chi connectivity index (χ2n) is 5.24. The number of rotatable bonds is 1. The van der Waals surface area contributed by atoms with E-state index in [2.05, 4.69) is 39.0 Å². The van der Waals surface area contributed by atoms with Gasteiger partial charge in [0.25, 0.3) is 0 Å². The molecule has 1 unspecified atom stereocenters. The lowest BCUT2D eigenvalue weighted by Gasteiger charge is -2.22. The van der Waals surface area contributed by atoms with Crippen molar-refractivity contribution in [3.05, 3.63) is 34.9 Å². The number of hydrogen-bond acceptors (Lipinski definition) is 0. The Balaban J connectivity index is 2.45. The maximum Gasteiger partial charge on any atom is -0.0136 e. The monoisotopic (exact) mass is 202 g/mol. The molecule has 0 amide bonds. The zero-order valence-electron chi connectivity index (χ0n) is 10.2. The summed E-state index contributed by atoms with van der Waals surface area (Å²) in [6.07, 6.45) is 5.46. The normalized spacial score (nSPS) is 21.2. The van der Waals surface area contributed by atoms with Gasteiger partial charge >= 0.3 is 0 Å². The van der Waals surface area contributed by atoms with Crippen LogP contribution in [-0.4, -0.2) is 0 Å². The molecule has 0 aliphatic heterocycles. The van der Waals surface area contributed by atoms with Crippen LogP contribution in [0.1, 0.15) is 55.7 Å². The minimum Gasteiger partial charge on any atom is -0.0622 e. The highest BCUT2D eigenvalue weighted by Crippen LogP contribution is 2.36. The maximum absolute atomic E-state index is 2.36. The Labute approximate surface area is 93.7 Å². The van der Waals surface area contributed by atoms with Crippen LogP contribution in [-0.2, 0) is 6.42 Å². The van der Waals surface area contributed by atoms with Crippen LogP contribution in [0, 0.1) is 12.8 Å². The fourth-order valence-corrected chi connectivity index (χ4v) is 2.93. The molecule has 0 heterocycles. The molecular formula is C15H22. The highest BCUT2D eigenvalue weighted by atomic mass is 14.3. The zero-order valence-corrected chi connectivity index (χ0v) is 10.2. The maximum atomic E-state index is 2.36. The van der Waals surface area contributed by atoms with E-state index < -0.39 is 0 Å². The second kappa shape index (κ2) is 4.38. The van der Waals surface area contributed by atoms with Gasteiger partial charge in [-0.15, -0.1) is 0 Å². The van der Waals surface area contributed by atoms with Gasteiger partial charge in [0.2, 0.25) is 0 Å². The molecule has 0 nitrogen and oxygen atoms in total. The van der Waals surface area contributed by atoms with Gasteiger partial charge in [-0.2, -0.15) is 0 Å². The molecule has 1 atom stereocenters. The van der Waals surface area contributed by atoms with Crippen LogP contribution in [0.3, 0.4) is 0 Å². The van der Waals surface area contributed by atoms with E-state index in [4.69, 9.17) is 0 Å². The first-order valence-electron chi connectivity index (χ1n) is 6.28. The zero-order chi connectivity index (χ0) is 10.8. The van der Waals surface area contributed by atoms with E-state index in [1.807, 2.05) is 0 Å². The predicted molar refractivity (Wildman–Crippen MR) is 66.3 cm³/mol. The molecule has 0 heteroatoms. The molecule has 1 aliphatic carbocycles. The molecule has 0 spiro atoms. The van der Waals surface area contributed by atoms with Gasteiger partial charge in [0.15, 0.2) is 0 Å². The minimum absolute atomic E-state index is 0.781. The molecule has 82 valence electrons. The Morgan fingerprint density at radius 3 is 2.73 bits per heavy atom. The van der Waals surface area contributed by atoms with Gasteiger partial charge in [-0.1, -0.05) is 38.5 Å². The van der Waals surface area contributed by atoms with E-state index >= 15 is 0 Å². The van der Waals surface area contributed by atoms with Gasteiger partial charge in [0.05, 0.1) is 0 Å². The summed E-state index contributed by atoms with van der Waals surface area (Å²) in [6.45, 7) is 6.99. The van der Waals surface area contributed by atoms with Crippen molar-refractivity contribution in [2.24, 2.45) is 5.92 Å².